The zero-order valence-electron chi connectivity index (χ0n) is 17.2. The van der Waals surface area contributed by atoms with Gasteiger partial charge in [-0.15, -0.1) is 0 Å². The zero-order valence-corrected chi connectivity index (χ0v) is 17.2. The number of hydrogen-bond donors (Lipinski definition) is 2. The Balaban J connectivity index is 1.77. The van der Waals surface area contributed by atoms with Crippen molar-refractivity contribution in [2.45, 2.75) is 6.92 Å². The van der Waals surface area contributed by atoms with Crippen LogP contribution in [0, 0.1) is 6.92 Å². The van der Waals surface area contributed by atoms with E-state index in [0.29, 0.717) is 17.0 Å². The second-order valence-corrected chi connectivity index (χ2v) is 7.52. The number of para-hydroxylation sites is 2. The van der Waals surface area contributed by atoms with Crippen molar-refractivity contribution in [2.24, 2.45) is 4.99 Å². The molecule has 0 fully saturated rings. The average Bonchev–Trinajstić information content (AvgIpc) is 3.17. The van der Waals surface area contributed by atoms with Crippen molar-refractivity contribution in [3.05, 3.63) is 122 Å². The first-order chi connectivity index (χ1) is 15.5. The second-order valence-electron chi connectivity index (χ2n) is 7.52. The molecule has 32 heavy (non-hydrogen) atoms. The lowest BCUT2D eigenvalue weighted by molar-refractivity contribution is 0.429. The van der Waals surface area contributed by atoms with Crippen LogP contribution in [0.25, 0.3) is 17.3 Å². The normalized spacial score (nSPS) is 13.8. The average molecular weight is 421 g/mol. The van der Waals surface area contributed by atoms with Gasteiger partial charge < -0.3 is 5.11 Å². The number of nitrogens with zero attached hydrogens (tertiary/aromatic N) is 2. The number of aromatic amines is 1. The Labute approximate surface area is 183 Å². The minimum Gasteiger partial charge on any atom is -0.494 e. The maximum Gasteiger partial charge on any atom is 0.335 e. The number of aryl methyl sites for hydroxylation is 1. The SMILES string of the molecule is Cc1ccccc1-n1c(O)c(C=C2C(c3ccccc3)=Nc3ccccc32)c(=O)[nH]c1=O. The Morgan fingerprint density at radius 1 is 0.906 bits per heavy atom. The molecular formula is C26H19N3O3. The summed E-state index contributed by atoms with van der Waals surface area (Å²) in [5, 5.41) is 11.1. The van der Waals surface area contributed by atoms with Crippen LogP contribution in [0.15, 0.2) is 93.4 Å². The van der Waals surface area contributed by atoms with Gasteiger partial charge in [0.15, 0.2) is 0 Å². The van der Waals surface area contributed by atoms with Gasteiger partial charge >= 0.3 is 5.69 Å². The molecule has 156 valence electrons. The largest absolute Gasteiger partial charge is 0.494 e. The fourth-order valence-electron chi connectivity index (χ4n) is 3.92. The van der Waals surface area contributed by atoms with Gasteiger partial charge in [-0.25, -0.2) is 14.4 Å². The van der Waals surface area contributed by atoms with Crippen molar-refractivity contribution in [2.75, 3.05) is 0 Å². The topological polar surface area (TPSA) is 87.4 Å². The molecule has 0 bridgehead atoms. The Morgan fingerprint density at radius 3 is 2.38 bits per heavy atom. The van der Waals surface area contributed by atoms with Crippen molar-refractivity contribution >= 4 is 23.0 Å². The monoisotopic (exact) mass is 421 g/mol. The lowest BCUT2D eigenvalue weighted by atomic mass is 9.96. The molecule has 6 heteroatoms. The molecule has 6 nitrogen and oxygen atoms in total. The number of aromatic nitrogens is 2. The number of allylic oxidation sites excluding steroid dienone is 1. The van der Waals surface area contributed by atoms with Gasteiger partial charge in [-0.2, -0.15) is 0 Å². The third kappa shape index (κ3) is 3.18. The predicted molar refractivity (Wildman–Crippen MR) is 126 cm³/mol. The summed E-state index contributed by atoms with van der Waals surface area (Å²) in [6.45, 7) is 1.83. The van der Waals surface area contributed by atoms with Gasteiger partial charge in [0.25, 0.3) is 5.56 Å². The van der Waals surface area contributed by atoms with Gasteiger partial charge in [0.2, 0.25) is 5.88 Å². The van der Waals surface area contributed by atoms with Gasteiger partial charge in [-0.05, 0) is 30.7 Å². The molecule has 2 heterocycles. The van der Waals surface area contributed by atoms with E-state index in [1.807, 2.05) is 73.7 Å². The van der Waals surface area contributed by atoms with E-state index >= 15 is 0 Å². The first kappa shape index (κ1) is 19.5. The smallest absolute Gasteiger partial charge is 0.335 e. The fourth-order valence-corrected chi connectivity index (χ4v) is 3.92. The van der Waals surface area contributed by atoms with Crippen LogP contribution in [0.5, 0.6) is 5.88 Å². The van der Waals surface area contributed by atoms with E-state index in [4.69, 9.17) is 4.99 Å². The summed E-state index contributed by atoms with van der Waals surface area (Å²) in [5.41, 5.74) is 3.81. The first-order valence-electron chi connectivity index (χ1n) is 10.1. The zero-order chi connectivity index (χ0) is 22.2. The molecule has 1 aliphatic rings. The van der Waals surface area contributed by atoms with Gasteiger partial charge in [-0.1, -0.05) is 66.7 Å². The number of nitrogens with one attached hydrogen (secondary N) is 1. The van der Waals surface area contributed by atoms with E-state index in [1.54, 1.807) is 18.2 Å². The number of benzene rings is 3. The minimum absolute atomic E-state index is 0.0109. The summed E-state index contributed by atoms with van der Waals surface area (Å²) in [5.74, 6) is -0.419. The lowest BCUT2D eigenvalue weighted by Crippen LogP contribution is -2.30. The van der Waals surface area contributed by atoms with Crippen molar-refractivity contribution in [3.8, 4) is 11.6 Å². The molecule has 0 saturated carbocycles. The van der Waals surface area contributed by atoms with Crippen molar-refractivity contribution < 1.29 is 5.11 Å². The van der Waals surface area contributed by atoms with Crippen molar-refractivity contribution in [3.63, 3.8) is 0 Å². The fraction of sp³-hybridized carbons (Fsp3) is 0.0385. The van der Waals surface area contributed by atoms with Crippen LogP contribution in [0.2, 0.25) is 0 Å². The lowest BCUT2D eigenvalue weighted by Gasteiger charge is -2.13. The van der Waals surface area contributed by atoms with E-state index in [9.17, 15) is 14.7 Å². The van der Waals surface area contributed by atoms with Crippen molar-refractivity contribution in [1.82, 2.24) is 9.55 Å². The molecule has 5 rings (SSSR count). The molecular weight excluding hydrogens is 402 g/mol. The van der Waals surface area contributed by atoms with Crippen LogP contribution in [-0.2, 0) is 0 Å². The van der Waals surface area contributed by atoms with Crippen LogP contribution < -0.4 is 11.2 Å². The Morgan fingerprint density at radius 2 is 1.59 bits per heavy atom. The van der Waals surface area contributed by atoms with Gasteiger partial charge in [-0.3, -0.25) is 9.78 Å². The standard InChI is InChI=1S/C26H19N3O3/c1-16-9-5-8-14-22(16)29-25(31)20(24(30)28-26(29)32)15-19-18-12-6-7-13-21(18)27-23(19)17-10-3-2-4-11-17/h2-15,31H,1H3,(H,28,30,32). The second kappa shape index (κ2) is 7.67. The van der Waals surface area contributed by atoms with E-state index in [1.165, 1.54) is 0 Å². The van der Waals surface area contributed by atoms with Crippen LogP contribution in [0.1, 0.15) is 22.3 Å². The highest BCUT2D eigenvalue weighted by Crippen LogP contribution is 2.38. The van der Waals surface area contributed by atoms with Crippen LogP contribution in [0.4, 0.5) is 5.69 Å². The molecule has 0 unspecified atom stereocenters. The first-order valence-corrected chi connectivity index (χ1v) is 10.1. The highest BCUT2D eigenvalue weighted by atomic mass is 16.3. The highest BCUT2D eigenvalue weighted by molar-refractivity contribution is 6.39. The predicted octanol–water partition coefficient (Wildman–Crippen LogP) is 4.21. The summed E-state index contributed by atoms with van der Waals surface area (Å²) in [6, 6.07) is 24.4. The molecule has 1 aromatic heterocycles. The minimum atomic E-state index is -0.701. The Kier molecular flexibility index (Phi) is 4.67. The molecule has 0 aliphatic carbocycles. The third-order valence-electron chi connectivity index (χ3n) is 5.49. The van der Waals surface area contributed by atoms with E-state index in [0.717, 1.165) is 26.9 Å². The number of rotatable bonds is 3. The van der Waals surface area contributed by atoms with E-state index in [-0.39, 0.29) is 5.56 Å². The molecule has 3 aromatic carbocycles. The number of H-pyrrole nitrogens is 1. The maximum atomic E-state index is 12.8. The third-order valence-corrected chi connectivity index (χ3v) is 5.49. The molecule has 0 atom stereocenters. The molecule has 0 spiro atoms. The van der Waals surface area contributed by atoms with Gasteiger partial charge in [0, 0.05) is 16.7 Å². The number of aromatic hydroxyl groups is 1. The maximum absolute atomic E-state index is 12.8. The van der Waals surface area contributed by atoms with Crippen LogP contribution in [-0.4, -0.2) is 20.4 Å². The van der Waals surface area contributed by atoms with Crippen LogP contribution >= 0.6 is 0 Å². The molecule has 0 radical (unpaired) electrons. The van der Waals surface area contributed by atoms with Gasteiger partial charge in [0.1, 0.15) is 5.56 Å². The van der Waals surface area contributed by atoms with Crippen molar-refractivity contribution in [1.29, 1.82) is 0 Å². The molecule has 1 aliphatic heterocycles. The van der Waals surface area contributed by atoms with E-state index < -0.39 is 17.1 Å². The number of fused-ring (bicyclic) bond motifs is 1. The Bertz CT molecular complexity index is 1530. The summed E-state index contributed by atoms with van der Waals surface area (Å²) >= 11 is 0. The van der Waals surface area contributed by atoms with Gasteiger partial charge in [0.05, 0.1) is 17.1 Å². The molecule has 4 aromatic rings. The summed E-state index contributed by atoms with van der Waals surface area (Å²) < 4.78 is 1.11. The molecule has 0 saturated heterocycles. The quantitative estimate of drug-likeness (QED) is 0.519. The molecule has 0 amide bonds. The van der Waals surface area contributed by atoms with Crippen LogP contribution in [0.3, 0.4) is 0 Å². The highest BCUT2D eigenvalue weighted by Gasteiger charge is 2.24. The van der Waals surface area contributed by atoms with E-state index in [2.05, 4.69) is 4.98 Å². The number of hydrogen-bond acceptors (Lipinski definition) is 4. The summed E-state index contributed by atoms with van der Waals surface area (Å²) in [7, 11) is 0. The summed E-state index contributed by atoms with van der Waals surface area (Å²) in [6.07, 6.45) is 1.60. The summed E-state index contributed by atoms with van der Waals surface area (Å²) in [4.78, 5) is 32.4. The molecule has 2 N–H and O–H groups in total. The Hall–Kier alpha value is -4.45. The number of aliphatic imine (C=N–C) groups is 1.